The van der Waals surface area contributed by atoms with Crippen molar-refractivity contribution >= 4 is 12.1 Å². The van der Waals surface area contributed by atoms with Crippen LogP contribution in [0.15, 0.2) is 30.3 Å². The molecule has 0 radical (unpaired) electrons. The van der Waals surface area contributed by atoms with Gasteiger partial charge in [-0.2, -0.15) is 0 Å². The van der Waals surface area contributed by atoms with E-state index in [-0.39, 0.29) is 0 Å². The minimum Gasteiger partial charge on any atom is -0.375 e. The molecule has 0 saturated carbocycles. The molecule has 1 atom stereocenters. The monoisotopic (exact) mass is 205 g/mol. The van der Waals surface area contributed by atoms with Crippen molar-refractivity contribution < 1.29 is 14.3 Å². The summed E-state index contributed by atoms with van der Waals surface area (Å²) < 4.78 is 4.37. The van der Waals surface area contributed by atoms with Crippen LogP contribution in [-0.2, 0) is 16.0 Å². The van der Waals surface area contributed by atoms with E-state index in [4.69, 9.17) is 0 Å². The lowest BCUT2D eigenvalue weighted by molar-refractivity contribution is -0.135. The molecule has 1 aliphatic heterocycles. The minimum atomic E-state index is -0.641. The van der Waals surface area contributed by atoms with Gasteiger partial charge < -0.3 is 10.1 Å². The molecule has 15 heavy (non-hydrogen) atoms. The molecule has 1 aliphatic rings. The molecule has 0 aliphatic carbocycles. The van der Waals surface area contributed by atoms with E-state index < -0.39 is 18.1 Å². The van der Waals surface area contributed by atoms with Gasteiger partial charge in [-0.05, 0) is 18.4 Å². The zero-order valence-corrected chi connectivity index (χ0v) is 8.10. The Bertz CT molecular complexity index is 375. The Morgan fingerprint density at radius 3 is 2.53 bits per heavy atom. The average molecular weight is 205 g/mol. The predicted octanol–water partition coefficient (Wildman–Crippen LogP) is 1.25. The quantitative estimate of drug-likeness (QED) is 0.597. The smallest absolute Gasteiger partial charge is 0.375 e. The topological polar surface area (TPSA) is 55.4 Å². The number of rotatable bonds is 3. The number of carbonyl (C=O) groups is 2. The predicted molar refractivity (Wildman–Crippen MR) is 53.2 cm³/mol. The Kier molecular flexibility index (Phi) is 2.67. The van der Waals surface area contributed by atoms with Gasteiger partial charge in [-0.15, -0.1) is 0 Å². The van der Waals surface area contributed by atoms with E-state index >= 15 is 0 Å². The number of carbonyl (C=O) groups excluding carboxylic acids is 2. The fraction of sp³-hybridized carbons (Fsp3) is 0.273. The van der Waals surface area contributed by atoms with Crippen LogP contribution >= 0.6 is 0 Å². The van der Waals surface area contributed by atoms with Crippen LogP contribution in [0.4, 0.5) is 4.79 Å². The lowest BCUT2D eigenvalue weighted by atomic mass is 10.1. The van der Waals surface area contributed by atoms with Gasteiger partial charge in [0.05, 0.1) is 0 Å². The molecule has 1 saturated heterocycles. The van der Waals surface area contributed by atoms with Gasteiger partial charge in [-0.1, -0.05) is 30.3 Å². The van der Waals surface area contributed by atoms with Gasteiger partial charge in [-0.25, -0.2) is 9.59 Å². The number of cyclic esters (lactones) is 2. The van der Waals surface area contributed by atoms with Crippen LogP contribution in [0, 0.1) is 0 Å². The summed E-state index contributed by atoms with van der Waals surface area (Å²) in [6.45, 7) is 0. The molecule has 1 aromatic carbocycles. The summed E-state index contributed by atoms with van der Waals surface area (Å²) in [6, 6.07) is 9.32. The zero-order valence-electron chi connectivity index (χ0n) is 8.10. The molecular weight excluding hydrogens is 194 g/mol. The molecule has 0 aromatic heterocycles. The second-order valence-corrected chi connectivity index (χ2v) is 3.43. The maximum absolute atomic E-state index is 11.1. The van der Waals surface area contributed by atoms with Crippen molar-refractivity contribution in [1.29, 1.82) is 0 Å². The third-order valence-electron chi connectivity index (χ3n) is 2.33. The van der Waals surface area contributed by atoms with Crippen molar-refractivity contribution in [2.45, 2.75) is 18.9 Å². The summed E-state index contributed by atoms with van der Waals surface area (Å²) in [4.78, 5) is 21.8. The van der Waals surface area contributed by atoms with Crippen molar-refractivity contribution in [3.8, 4) is 0 Å². The molecule has 0 spiro atoms. The molecule has 4 nitrogen and oxygen atoms in total. The molecule has 4 heteroatoms. The van der Waals surface area contributed by atoms with E-state index in [9.17, 15) is 9.59 Å². The third-order valence-corrected chi connectivity index (χ3v) is 2.33. The standard InChI is InChI=1S/C11H11NO3/c13-10-9(12-11(14)15-10)7-6-8-4-2-1-3-5-8/h1-5,9H,6-7H2,(H,12,14)/t9-/m0/s1. The van der Waals surface area contributed by atoms with E-state index in [0.717, 1.165) is 12.0 Å². The lowest BCUT2D eigenvalue weighted by Crippen LogP contribution is -2.29. The van der Waals surface area contributed by atoms with Crippen molar-refractivity contribution in [2.75, 3.05) is 0 Å². The van der Waals surface area contributed by atoms with Gasteiger partial charge in [0.1, 0.15) is 6.04 Å². The first-order valence-corrected chi connectivity index (χ1v) is 4.82. The number of esters is 1. The second-order valence-electron chi connectivity index (χ2n) is 3.43. The fourth-order valence-electron chi connectivity index (χ4n) is 1.54. The van der Waals surface area contributed by atoms with Crippen LogP contribution in [0.2, 0.25) is 0 Å². The largest absolute Gasteiger partial charge is 0.415 e. The summed E-state index contributed by atoms with van der Waals surface area (Å²) in [5, 5.41) is 2.46. The number of hydrogen-bond acceptors (Lipinski definition) is 3. The average Bonchev–Trinajstić information content (AvgIpc) is 2.56. The van der Waals surface area contributed by atoms with Gasteiger partial charge in [0, 0.05) is 0 Å². The van der Waals surface area contributed by atoms with Crippen LogP contribution in [0.1, 0.15) is 12.0 Å². The summed E-state index contributed by atoms with van der Waals surface area (Å²) in [5.41, 5.74) is 1.14. The SMILES string of the molecule is O=C1N[C@@H](CCc2ccccc2)C(=O)O1. The Labute approximate surface area is 87.2 Å². The van der Waals surface area contributed by atoms with E-state index in [1.54, 1.807) is 0 Å². The summed E-state index contributed by atoms with van der Waals surface area (Å²) in [5.74, 6) is -0.476. The normalized spacial score (nSPS) is 19.9. The number of alkyl carbamates (subject to hydrolysis) is 1. The molecular formula is C11H11NO3. The molecule has 0 unspecified atom stereocenters. The number of nitrogens with one attached hydrogen (secondary N) is 1. The molecule has 1 N–H and O–H groups in total. The summed E-state index contributed by atoms with van der Waals surface area (Å²) >= 11 is 0. The van der Waals surface area contributed by atoms with Crippen LogP contribution in [0.25, 0.3) is 0 Å². The third kappa shape index (κ3) is 2.34. The molecule has 1 heterocycles. The second kappa shape index (κ2) is 4.13. The highest BCUT2D eigenvalue weighted by Gasteiger charge is 2.31. The minimum absolute atomic E-state index is 0.476. The number of ether oxygens (including phenoxy) is 1. The highest BCUT2D eigenvalue weighted by molar-refractivity contribution is 5.95. The number of aryl methyl sites for hydroxylation is 1. The number of amides is 1. The van der Waals surface area contributed by atoms with E-state index in [1.165, 1.54) is 0 Å². The van der Waals surface area contributed by atoms with Crippen LogP contribution < -0.4 is 5.32 Å². The lowest BCUT2D eigenvalue weighted by Gasteiger charge is -2.04. The van der Waals surface area contributed by atoms with Crippen molar-refractivity contribution in [2.24, 2.45) is 0 Å². The first-order valence-electron chi connectivity index (χ1n) is 4.82. The van der Waals surface area contributed by atoms with Gasteiger partial charge in [-0.3, -0.25) is 0 Å². The molecule has 1 aromatic rings. The number of benzene rings is 1. The van der Waals surface area contributed by atoms with Gasteiger partial charge in [0.2, 0.25) is 0 Å². The maximum atomic E-state index is 11.1. The molecule has 78 valence electrons. The Hall–Kier alpha value is -1.84. The van der Waals surface area contributed by atoms with E-state index in [2.05, 4.69) is 10.1 Å². The molecule has 1 fully saturated rings. The molecule has 0 bridgehead atoms. The fourth-order valence-corrected chi connectivity index (χ4v) is 1.54. The van der Waals surface area contributed by atoms with Crippen molar-refractivity contribution in [3.05, 3.63) is 35.9 Å². The van der Waals surface area contributed by atoms with E-state index in [1.807, 2.05) is 30.3 Å². The Morgan fingerprint density at radius 2 is 1.93 bits per heavy atom. The van der Waals surface area contributed by atoms with Gasteiger partial charge in [0.15, 0.2) is 0 Å². The van der Waals surface area contributed by atoms with Crippen LogP contribution in [0.3, 0.4) is 0 Å². The van der Waals surface area contributed by atoms with Crippen LogP contribution in [-0.4, -0.2) is 18.1 Å². The van der Waals surface area contributed by atoms with Crippen molar-refractivity contribution in [1.82, 2.24) is 5.32 Å². The highest BCUT2D eigenvalue weighted by atomic mass is 16.6. The number of hydrogen-bond donors (Lipinski definition) is 1. The first kappa shape index (κ1) is 9.71. The first-order chi connectivity index (χ1) is 7.25. The van der Waals surface area contributed by atoms with Gasteiger partial charge in [0.25, 0.3) is 0 Å². The highest BCUT2D eigenvalue weighted by Crippen LogP contribution is 2.09. The molecule has 2 rings (SSSR count). The van der Waals surface area contributed by atoms with Gasteiger partial charge >= 0.3 is 12.1 Å². The summed E-state index contributed by atoms with van der Waals surface area (Å²) in [7, 11) is 0. The Balaban J connectivity index is 1.89. The maximum Gasteiger partial charge on any atom is 0.415 e. The summed E-state index contributed by atoms with van der Waals surface area (Å²) in [6.07, 6.45) is 0.688. The Morgan fingerprint density at radius 1 is 1.20 bits per heavy atom. The zero-order chi connectivity index (χ0) is 10.7. The van der Waals surface area contributed by atoms with E-state index in [0.29, 0.717) is 6.42 Å². The van der Waals surface area contributed by atoms with Crippen molar-refractivity contribution in [3.63, 3.8) is 0 Å². The molecule has 1 amide bonds. The van der Waals surface area contributed by atoms with Crippen LogP contribution in [0.5, 0.6) is 0 Å².